The quantitative estimate of drug-likeness (QED) is 0.544. The summed E-state index contributed by atoms with van der Waals surface area (Å²) in [6.45, 7) is 0. The van der Waals surface area contributed by atoms with Crippen LogP contribution in [0.2, 0.25) is 0 Å². The number of carboxylic acid groups (broad SMARTS) is 1. The molecule has 1 heterocycles. The van der Waals surface area contributed by atoms with Gasteiger partial charge in [0.05, 0.1) is 22.4 Å². The maximum Gasteiger partial charge on any atom is 0.211 e. The van der Waals surface area contributed by atoms with Gasteiger partial charge < -0.3 is 14.5 Å². The zero-order valence-electron chi connectivity index (χ0n) is 11.8. The van der Waals surface area contributed by atoms with Crippen molar-refractivity contribution in [2.24, 2.45) is 17.3 Å². The van der Waals surface area contributed by atoms with Crippen LogP contribution in [-0.4, -0.2) is 16.8 Å². The Labute approximate surface area is 130 Å². The number of hydrogen-bond acceptors (Lipinski definition) is 5. The van der Waals surface area contributed by atoms with Crippen molar-refractivity contribution in [2.75, 3.05) is 0 Å². The van der Waals surface area contributed by atoms with Crippen molar-refractivity contribution in [1.82, 2.24) is 4.57 Å². The second kappa shape index (κ2) is 5.95. The number of aryl methyl sites for hydroxylation is 1. The SMILES string of the molecule is Cn1/c(=N/N=Cc2ccccc2C(=O)[O-])sc2ccccc21. The van der Waals surface area contributed by atoms with Gasteiger partial charge in [-0.25, -0.2) is 0 Å². The second-order valence-electron chi connectivity index (χ2n) is 4.63. The Morgan fingerprint density at radius 3 is 2.68 bits per heavy atom. The minimum atomic E-state index is -1.23. The zero-order valence-corrected chi connectivity index (χ0v) is 12.6. The fourth-order valence-corrected chi connectivity index (χ4v) is 3.09. The first-order chi connectivity index (χ1) is 10.7. The van der Waals surface area contributed by atoms with Crippen molar-refractivity contribution in [1.29, 1.82) is 0 Å². The highest BCUT2D eigenvalue weighted by atomic mass is 32.1. The van der Waals surface area contributed by atoms with Crippen molar-refractivity contribution in [3.63, 3.8) is 0 Å². The monoisotopic (exact) mass is 310 g/mol. The molecule has 0 fully saturated rings. The smallest absolute Gasteiger partial charge is 0.211 e. The molecule has 0 aliphatic heterocycles. The van der Waals surface area contributed by atoms with Crippen LogP contribution < -0.4 is 9.91 Å². The molecule has 0 aliphatic carbocycles. The second-order valence-corrected chi connectivity index (χ2v) is 5.64. The van der Waals surface area contributed by atoms with Gasteiger partial charge in [0, 0.05) is 18.2 Å². The number of aromatic nitrogens is 1. The van der Waals surface area contributed by atoms with Gasteiger partial charge in [0.1, 0.15) is 0 Å². The predicted molar refractivity (Wildman–Crippen MR) is 84.7 cm³/mol. The van der Waals surface area contributed by atoms with Crippen LogP contribution in [-0.2, 0) is 7.05 Å². The fraction of sp³-hybridized carbons (Fsp3) is 0.0625. The first-order valence-electron chi connectivity index (χ1n) is 6.59. The van der Waals surface area contributed by atoms with E-state index in [4.69, 9.17) is 0 Å². The van der Waals surface area contributed by atoms with Gasteiger partial charge in [0.2, 0.25) is 4.80 Å². The van der Waals surface area contributed by atoms with Crippen molar-refractivity contribution in [3.8, 4) is 0 Å². The van der Waals surface area contributed by atoms with Gasteiger partial charge in [-0.15, -0.1) is 5.10 Å². The molecule has 0 unspecified atom stereocenters. The Hall–Kier alpha value is -2.73. The highest BCUT2D eigenvalue weighted by molar-refractivity contribution is 7.16. The average Bonchev–Trinajstić information content (AvgIpc) is 2.85. The lowest BCUT2D eigenvalue weighted by molar-refractivity contribution is -0.255. The topological polar surface area (TPSA) is 69.8 Å². The summed E-state index contributed by atoms with van der Waals surface area (Å²) in [7, 11) is 1.92. The van der Waals surface area contributed by atoms with E-state index in [2.05, 4.69) is 10.2 Å². The van der Waals surface area contributed by atoms with Crippen LogP contribution in [0, 0.1) is 0 Å². The summed E-state index contributed by atoms with van der Waals surface area (Å²) < 4.78 is 3.07. The van der Waals surface area contributed by atoms with Crippen LogP contribution in [0.25, 0.3) is 10.2 Å². The number of nitrogens with zero attached hydrogens (tertiary/aromatic N) is 3. The van der Waals surface area contributed by atoms with Gasteiger partial charge in [-0.2, -0.15) is 5.10 Å². The third kappa shape index (κ3) is 2.68. The molecule has 0 saturated carbocycles. The normalized spacial score (nSPS) is 12.3. The number of carbonyl (C=O) groups is 1. The molecule has 6 heteroatoms. The summed E-state index contributed by atoms with van der Waals surface area (Å²) in [5, 5.41) is 19.2. The van der Waals surface area contributed by atoms with Crippen LogP contribution in [0.3, 0.4) is 0 Å². The van der Waals surface area contributed by atoms with E-state index in [9.17, 15) is 9.90 Å². The third-order valence-corrected chi connectivity index (χ3v) is 4.34. The highest BCUT2D eigenvalue weighted by Gasteiger charge is 2.01. The van der Waals surface area contributed by atoms with Crippen molar-refractivity contribution < 1.29 is 9.90 Å². The lowest BCUT2D eigenvalue weighted by Gasteiger charge is -2.04. The number of rotatable bonds is 3. The summed E-state index contributed by atoms with van der Waals surface area (Å²) in [5.41, 5.74) is 1.65. The maximum atomic E-state index is 11.0. The Morgan fingerprint density at radius 2 is 1.91 bits per heavy atom. The van der Waals surface area contributed by atoms with Gasteiger partial charge >= 0.3 is 0 Å². The zero-order chi connectivity index (χ0) is 15.5. The van der Waals surface area contributed by atoms with Gasteiger partial charge in [-0.05, 0) is 12.1 Å². The summed E-state index contributed by atoms with van der Waals surface area (Å²) in [4.78, 5) is 11.8. The molecular formula is C16H12N3O2S-. The number of carbonyl (C=O) groups excluding carboxylic acids is 1. The molecule has 22 heavy (non-hydrogen) atoms. The number of benzene rings is 2. The summed E-state index contributed by atoms with van der Waals surface area (Å²) in [6.07, 6.45) is 1.43. The molecule has 0 amide bonds. The number of hydrogen-bond donors (Lipinski definition) is 0. The standard InChI is InChI=1S/C16H13N3O2S/c1-19-13-8-4-5-9-14(13)22-16(19)18-17-10-11-6-2-3-7-12(11)15(20)21/h2-10H,1H3,(H,20,21)/p-1/b17-10?,18-16-. The Bertz CT molecular complexity index is 938. The number of carboxylic acids is 1. The van der Waals surface area contributed by atoms with Crippen molar-refractivity contribution >= 4 is 33.7 Å². The molecular weight excluding hydrogens is 298 g/mol. The summed E-state index contributed by atoms with van der Waals surface area (Å²) in [6, 6.07) is 14.5. The van der Waals surface area contributed by atoms with E-state index in [1.165, 1.54) is 23.6 Å². The maximum absolute atomic E-state index is 11.0. The lowest BCUT2D eigenvalue weighted by Crippen LogP contribution is -2.23. The van der Waals surface area contributed by atoms with Crippen LogP contribution in [0.15, 0.2) is 58.7 Å². The van der Waals surface area contributed by atoms with Gasteiger partial charge in [0.25, 0.3) is 0 Å². The molecule has 0 saturated heterocycles. The molecule has 0 aliphatic rings. The molecule has 3 aromatic rings. The first kappa shape index (κ1) is 14.2. The van der Waals surface area contributed by atoms with Gasteiger partial charge in [0.15, 0.2) is 0 Å². The molecule has 3 rings (SSSR count). The number of thiazole rings is 1. The molecule has 0 bridgehead atoms. The van der Waals surface area contributed by atoms with Crippen LogP contribution in [0.1, 0.15) is 15.9 Å². The molecule has 2 aromatic carbocycles. The van der Waals surface area contributed by atoms with Gasteiger partial charge in [-0.3, -0.25) is 0 Å². The van der Waals surface area contributed by atoms with E-state index in [1.54, 1.807) is 18.2 Å². The summed E-state index contributed by atoms with van der Waals surface area (Å²) >= 11 is 1.52. The molecule has 0 atom stereocenters. The number of fused-ring (bicyclic) bond motifs is 1. The van der Waals surface area contributed by atoms with E-state index in [0.717, 1.165) is 15.0 Å². The number of para-hydroxylation sites is 1. The van der Waals surface area contributed by atoms with E-state index < -0.39 is 5.97 Å². The van der Waals surface area contributed by atoms with Crippen LogP contribution in [0.5, 0.6) is 0 Å². The molecule has 5 nitrogen and oxygen atoms in total. The Morgan fingerprint density at radius 1 is 1.18 bits per heavy atom. The minimum Gasteiger partial charge on any atom is -0.545 e. The van der Waals surface area contributed by atoms with E-state index in [0.29, 0.717) is 5.56 Å². The molecule has 0 radical (unpaired) electrons. The molecule has 0 spiro atoms. The van der Waals surface area contributed by atoms with Crippen molar-refractivity contribution in [2.45, 2.75) is 0 Å². The predicted octanol–water partition coefficient (Wildman–Crippen LogP) is 1.54. The minimum absolute atomic E-state index is 0.0992. The Kier molecular flexibility index (Phi) is 3.84. The lowest BCUT2D eigenvalue weighted by atomic mass is 10.1. The molecule has 0 N–H and O–H groups in total. The van der Waals surface area contributed by atoms with Crippen LogP contribution >= 0.6 is 11.3 Å². The highest BCUT2D eigenvalue weighted by Crippen LogP contribution is 2.15. The summed E-state index contributed by atoms with van der Waals surface area (Å²) in [5.74, 6) is -1.23. The largest absolute Gasteiger partial charge is 0.545 e. The Balaban J connectivity index is 1.99. The fourth-order valence-electron chi connectivity index (χ4n) is 2.11. The van der Waals surface area contributed by atoms with E-state index in [-0.39, 0.29) is 5.56 Å². The van der Waals surface area contributed by atoms with Gasteiger partial charge in [-0.1, -0.05) is 47.7 Å². The van der Waals surface area contributed by atoms with E-state index >= 15 is 0 Å². The average molecular weight is 310 g/mol. The molecule has 110 valence electrons. The number of aromatic carboxylic acids is 1. The third-order valence-electron chi connectivity index (χ3n) is 3.24. The molecule has 1 aromatic heterocycles. The first-order valence-corrected chi connectivity index (χ1v) is 7.40. The van der Waals surface area contributed by atoms with Crippen LogP contribution in [0.4, 0.5) is 0 Å². The van der Waals surface area contributed by atoms with E-state index in [1.807, 2.05) is 35.9 Å². The van der Waals surface area contributed by atoms with Crippen molar-refractivity contribution in [3.05, 3.63) is 64.5 Å².